The molecule has 2 bridgehead atoms. The first kappa shape index (κ1) is 33.1. The van der Waals surface area contributed by atoms with E-state index in [1.54, 1.807) is 37.9 Å². The van der Waals surface area contributed by atoms with E-state index in [2.05, 4.69) is 14.9 Å². The lowest BCUT2D eigenvalue weighted by atomic mass is 9.70. The van der Waals surface area contributed by atoms with Gasteiger partial charge < -0.3 is 19.7 Å². The van der Waals surface area contributed by atoms with Crippen LogP contribution in [0.15, 0.2) is 53.4 Å². The monoisotopic (exact) mass is 658 g/mol. The van der Waals surface area contributed by atoms with Crippen molar-refractivity contribution in [2.24, 2.45) is 11.8 Å². The van der Waals surface area contributed by atoms with Crippen molar-refractivity contribution in [3.8, 4) is 5.75 Å². The average molecular weight is 659 g/mol. The summed E-state index contributed by atoms with van der Waals surface area (Å²) in [6, 6.07) is 10.6. The fourth-order valence-electron chi connectivity index (χ4n) is 6.13. The Kier molecular flexibility index (Phi) is 10.0. The Labute approximate surface area is 271 Å². The Morgan fingerprint density at radius 3 is 2.67 bits per heavy atom. The van der Waals surface area contributed by atoms with Crippen molar-refractivity contribution < 1.29 is 27.5 Å². The molecule has 5 rings (SSSR count). The van der Waals surface area contributed by atoms with Gasteiger partial charge in [0.25, 0.3) is 15.9 Å². The van der Waals surface area contributed by atoms with E-state index in [1.807, 2.05) is 30.4 Å². The fourth-order valence-corrected chi connectivity index (χ4v) is 7.46. The molecule has 0 aromatic heterocycles. The van der Waals surface area contributed by atoms with Gasteiger partial charge in [0.05, 0.1) is 16.1 Å². The Balaban J connectivity index is 1.58. The van der Waals surface area contributed by atoms with Crippen molar-refractivity contribution in [3.63, 3.8) is 0 Å². The molecule has 0 spiro atoms. The van der Waals surface area contributed by atoms with E-state index in [-0.39, 0.29) is 16.7 Å². The molecule has 0 unspecified atom stereocenters. The number of fused-ring (bicyclic) bond motifs is 3. The second-order valence-corrected chi connectivity index (χ2v) is 14.8. The third-order valence-electron chi connectivity index (χ3n) is 9.50. The summed E-state index contributed by atoms with van der Waals surface area (Å²) >= 11 is 6.32. The molecule has 2 aliphatic heterocycles. The van der Waals surface area contributed by atoms with Gasteiger partial charge in [0.1, 0.15) is 18.5 Å². The minimum absolute atomic E-state index is 0.0123. The van der Waals surface area contributed by atoms with Crippen LogP contribution in [0.2, 0.25) is 5.02 Å². The molecule has 2 amide bonds. The molecule has 45 heavy (non-hydrogen) atoms. The summed E-state index contributed by atoms with van der Waals surface area (Å²) < 4.78 is 41.8. The minimum atomic E-state index is -4.19. The van der Waals surface area contributed by atoms with Crippen molar-refractivity contribution >= 4 is 39.3 Å². The molecular weight excluding hydrogens is 616 g/mol. The molecule has 12 heteroatoms. The molecule has 1 fully saturated rings. The van der Waals surface area contributed by atoms with Gasteiger partial charge in [0.2, 0.25) is 0 Å². The Morgan fingerprint density at radius 2 is 1.93 bits per heavy atom. The van der Waals surface area contributed by atoms with Crippen LogP contribution < -0.4 is 19.7 Å². The van der Waals surface area contributed by atoms with Crippen LogP contribution >= 0.6 is 11.6 Å². The van der Waals surface area contributed by atoms with E-state index < -0.39 is 33.7 Å². The molecule has 0 radical (unpaired) electrons. The number of sulfonamides is 1. The Morgan fingerprint density at radius 1 is 1.13 bits per heavy atom. The van der Waals surface area contributed by atoms with Crippen LogP contribution in [-0.4, -0.2) is 70.7 Å². The van der Waals surface area contributed by atoms with E-state index in [1.165, 1.54) is 13.1 Å². The lowest BCUT2D eigenvalue weighted by Gasteiger charge is -2.43. The number of halogens is 1. The summed E-state index contributed by atoms with van der Waals surface area (Å²) in [5.41, 5.74) is 1.66. The fraction of sp³-hybridized carbons (Fsp3) is 0.515. The van der Waals surface area contributed by atoms with Crippen LogP contribution in [0.3, 0.4) is 0 Å². The highest BCUT2D eigenvalue weighted by Gasteiger charge is 2.40. The first-order valence-corrected chi connectivity index (χ1v) is 17.4. The summed E-state index contributed by atoms with van der Waals surface area (Å²) in [4.78, 5) is 29.7. The quantitative estimate of drug-likeness (QED) is 0.416. The molecule has 1 saturated carbocycles. The van der Waals surface area contributed by atoms with E-state index >= 15 is 0 Å². The van der Waals surface area contributed by atoms with E-state index in [0.29, 0.717) is 42.7 Å². The summed E-state index contributed by atoms with van der Waals surface area (Å²) in [5, 5.41) is 3.24. The largest absolute Gasteiger partial charge is 0.487 e. The van der Waals surface area contributed by atoms with Gasteiger partial charge in [-0.25, -0.2) is 17.9 Å². The molecular formula is C33H43ClN4O6S. The molecule has 244 valence electrons. The number of amides is 2. The van der Waals surface area contributed by atoms with Gasteiger partial charge in [-0.2, -0.15) is 0 Å². The number of benzene rings is 2. The molecule has 0 saturated heterocycles. The van der Waals surface area contributed by atoms with Gasteiger partial charge in [-0.15, -0.1) is 0 Å². The zero-order valence-electron chi connectivity index (χ0n) is 26.3. The van der Waals surface area contributed by atoms with Crippen molar-refractivity contribution in [3.05, 3.63) is 64.7 Å². The normalized spacial score (nSPS) is 25.9. The summed E-state index contributed by atoms with van der Waals surface area (Å²) in [6.07, 6.45) is 7.27. The second-order valence-electron chi connectivity index (χ2n) is 12.7. The maximum atomic E-state index is 13.6. The second kappa shape index (κ2) is 13.6. The number of aryl methyl sites for hydroxylation is 1. The third kappa shape index (κ3) is 7.42. The summed E-state index contributed by atoms with van der Waals surface area (Å²) in [5.74, 6) is 0.176. The molecule has 2 N–H and O–H groups in total. The maximum absolute atomic E-state index is 13.6. The van der Waals surface area contributed by atoms with Gasteiger partial charge in [-0.1, -0.05) is 23.7 Å². The number of likely N-dealkylation sites (N-methyl/N-ethyl adjacent to an activating group) is 1. The third-order valence-corrected chi connectivity index (χ3v) is 11.1. The number of nitrogens with one attached hydrogen (secondary N) is 2. The standard InChI is InChI=1S/C33H43ClN4O6S/c1-33(2)31(39)36-45(41,42)26-13-15-30-28(19-26)38(17-6-5-8-22-18-25(34)12-10-24(22)21-43-30)20-23-11-14-27(23)29(44-32(40)35-3)9-7-16-37(33)4/h7,9-10,12-13,15,18-19,23,27,29H,5-6,8,11,14,16-17,20-21H2,1-4H3,(H,35,40)(H,36,39)/b9-7+/t23-,27+,29-/m0/s1. The van der Waals surface area contributed by atoms with Crippen molar-refractivity contribution in [2.45, 2.75) is 69.1 Å². The average Bonchev–Trinajstić information content (AvgIpc) is 3.01. The van der Waals surface area contributed by atoms with E-state index in [4.69, 9.17) is 21.1 Å². The van der Waals surface area contributed by atoms with Crippen molar-refractivity contribution in [2.75, 3.05) is 38.6 Å². The number of carbonyl (C=O) groups is 2. The van der Waals surface area contributed by atoms with Gasteiger partial charge in [-0.3, -0.25) is 9.69 Å². The van der Waals surface area contributed by atoms with Crippen molar-refractivity contribution in [1.82, 2.24) is 14.9 Å². The molecule has 1 aliphatic carbocycles. The number of anilines is 1. The van der Waals surface area contributed by atoms with Crippen molar-refractivity contribution in [1.29, 1.82) is 0 Å². The van der Waals surface area contributed by atoms with Crippen LogP contribution in [0.1, 0.15) is 50.7 Å². The minimum Gasteiger partial charge on any atom is -0.487 e. The van der Waals surface area contributed by atoms with E-state index in [0.717, 1.165) is 43.2 Å². The molecule has 2 heterocycles. The molecule has 10 nitrogen and oxygen atoms in total. The number of hydrogen-bond acceptors (Lipinski definition) is 8. The first-order valence-electron chi connectivity index (χ1n) is 15.5. The number of nitrogens with zero attached hydrogens (tertiary/aromatic N) is 2. The molecule has 3 aliphatic rings. The Hall–Kier alpha value is -3.28. The van der Waals surface area contributed by atoms with Crippen LogP contribution in [0, 0.1) is 11.8 Å². The van der Waals surface area contributed by atoms with Crippen LogP contribution in [0.5, 0.6) is 5.75 Å². The molecule has 3 atom stereocenters. The highest BCUT2D eigenvalue weighted by Crippen LogP contribution is 2.42. The molecule has 2 aromatic carbocycles. The number of ether oxygens (including phenoxy) is 2. The van der Waals surface area contributed by atoms with Gasteiger partial charge >= 0.3 is 6.09 Å². The topological polar surface area (TPSA) is 117 Å². The zero-order chi connectivity index (χ0) is 32.4. The summed E-state index contributed by atoms with van der Waals surface area (Å²) in [6.45, 7) is 5.29. The smallest absolute Gasteiger partial charge is 0.407 e. The number of hydrogen-bond donors (Lipinski definition) is 2. The van der Waals surface area contributed by atoms with Gasteiger partial charge in [0, 0.05) is 37.6 Å². The predicted molar refractivity (Wildman–Crippen MR) is 174 cm³/mol. The SMILES string of the molecule is CNC(=O)O[C@H]1/C=C/CN(C)C(C)(C)C(=O)NS(=O)(=O)c2ccc3c(c2)N(CCCCc2cc(Cl)ccc2CO3)C[C@@H]2CC[C@H]21. The summed E-state index contributed by atoms with van der Waals surface area (Å²) in [7, 11) is -0.903. The van der Waals surface area contributed by atoms with E-state index in [9.17, 15) is 18.0 Å². The van der Waals surface area contributed by atoms with Crippen LogP contribution in [0.25, 0.3) is 0 Å². The highest BCUT2D eigenvalue weighted by molar-refractivity contribution is 7.90. The Bertz CT molecular complexity index is 1560. The number of alkyl carbamates (subject to hydrolysis) is 1. The predicted octanol–water partition coefficient (Wildman–Crippen LogP) is 4.90. The zero-order valence-corrected chi connectivity index (χ0v) is 27.9. The van der Waals surface area contributed by atoms with Crippen LogP contribution in [-0.2, 0) is 32.6 Å². The van der Waals surface area contributed by atoms with Gasteiger partial charge in [0.15, 0.2) is 0 Å². The van der Waals surface area contributed by atoms with Crippen LogP contribution in [0.4, 0.5) is 10.5 Å². The lowest BCUT2D eigenvalue weighted by molar-refractivity contribution is -0.128. The lowest BCUT2D eigenvalue weighted by Crippen LogP contribution is -2.54. The maximum Gasteiger partial charge on any atom is 0.407 e. The number of rotatable bonds is 1. The number of carbonyl (C=O) groups excluding carboxylic acids is 2. The molecule has 2 aromatic rings. The van der Waals surface area contributed by atoms with Gasteiger partial charge in [-0.05, 0) is 106 Å². The first-order chi connectivity index (χ1) is 21.4. The highest BCUT2D eigenvalue weighted by atomic mass is 35.5.